The Hall–Kier alpha value is -2.32. The maximum absolute atomic E-state index is 5.96. The van der Waals surface area contributed by atoms with Crippen LogP contribution in [0, 0.1) is 0 Å². The third kappa shape index (κ3) is 2.65. The van der Waals surface area contributed by atoms with Gasteiger partial charge in [0.2, 0.25) is 0 Å². The van der Waals surface area contributed by atoms with E-state index in [2.05, 4.69) is 30.3 Å². The molecule has 0 atom stereocenters. The van der Waals surface area contributed by atoms with Crippen LogP contribution < -0.4 is 10.5 Å². The third-order valence-corrected chi connectivity index (χ3v) is 3.37. The van der Waals surface area contributed by atoms with Crippen LogP contribution in [0.5, 0.6) is 5.75 Å². The first kappa shape index (κ1) is 12.7. The summed E-state index contributed by atoms with van der Waals surface area (Å²) in [5, 5.41) is 2.34. The Bertz CT molecular complexity index is 716. The lowest BCUT2D eigenvalue weighted by molar-refractivity contribution is 0.310. The molecule has 100 valence electrons. The van der Waals surface area contributed by atoms with Gasteiger partial charge in [0.05, 0.1) is 0 Å². The van der Waals surface area contributed by atoms with Gasteiger partial charge in [0, 0.05) is 11.9 Å². The SMILES string of the molecule is NCc1cccc(COc2cccc3ccccc23)c1. The van der Waals surface area contributed by atoms with Gasteiger partial charge in [-0.2, -0.15) is 0 Å². The second kappa shape index (κ2) is 5.76. The maximum Gasteiger partial charge on any atom is 0.127 e. The maximum atomic E-state index is 5.96. The molecule has 0 unspecified atom stereocenters. The molecule has 0 heterocycles. The van der Waals surface area contributed by atoms with Crippen LogP contribution in [0.1, 0.15) is 11.1 Å². The van der Waals surface area contributed by atoms with Gasteiger partial charge in [-0.3, -0.25) is 0 Å². The average Bonchev–Trinajstić information content (AvgIpc) is 2.53. The summed E-state index contributed by atoms with van der Waals surface area (Å²) in [7, 11) is 0. The molecule has 2 heteroatoms. The van der Waals surface area contributed by atoms with Crippen molar-refractivity contribution < 1.29 is 4.74 Å². The Kier molecular flexibility index (Phi) is 3.66. The van der Waals surface area contributed by atoms with Crippen molar-refractivity contribution in [3.05, 3.63) is 77.9 Å². The molecular weight excluding hydrogens is 246 g/mol. The first-order valence-electron chi connectivity index (χ1n) is 6.75. The van der Waals surface area contributed by atoms with Gasteiger partial charge in [0.1, 0.15) is 12.4 Å². The summed E-state index contributed by atoms with van der Waals surface area (Å²) in [5.74, 6) is 0.918. The van der Waals surface area contributed by atoms with Crippen molar-refractivity contribution in [1.82, 2.24) is 0 Å². The topological polar surface area (TPSA) is 35.2 Å². The molecule has 0 aromatic heterocycles. The predicted molar refractivity (Wildman–Crippen MR) is 82.6 cm³/mol. The van der Waals surface area contributed by atoms with Gasteiger partial charge < -0.3 is 10.5 Å². The zero-order chi connectivity index (χ0) is 13.8. The fraction of sp³-hybridized carbons (Fsp3) is 0.111. The third-order valence-electron chi connectivity index (χ3n) is 3.37. The normalized spacial score (nSPS) is 10.7. The number of benzene rings is 3. The monoisotopic (exact) mass is 263 g/mol. The van der Waals surface area contributed by atoms with Gasteiger partial charge in [-0.1, -0.05) is 60.7 Å². The van der Waals surface area contributed by atoms with E-state index in [1.165, 1.54) is 5.39 Å². The first-order chi connectivity index (χ1) is 9.86. The summed E-state index contributed by atoms with van der Waals surface area (Å²) in [5.41, 5.74) is 7.93. The first-order valence-corrected chi connectivity index (χ1v) is 6.75. The standard InChI is InChI=1S/C18H17NO/c19-12-14-5-3-6-15(11-14)13-20-18-10-4-8-16-7-1-2-9-17(16)18/h1-11H,12-13,19H2. The van der Waals surface area contributed by atoms with Crippen molar-refractivity contribution in [2.75, 3.05) is 0 Å². The number of hydrogen-bond donors (Lipinski definition) is 1. The minimum absolute atomic E-state index is 0.557. The van der Waals surface area contributed by atoms with Crippen molar-refractivity contribution in [1.29, 1.82) is 0 Å². The van der Waals surface area contributed by atoms with Gasteiger partial charge in [-0.15, -0.1) is 0 Å². The van der Waals surface area contributed by atoms with Gasteiger partial charge in [-0.25, -0.2) is 0 Å². The molecule has 20 heavy (non-hydrogen) atoms. The summed E-state index contributed by atoms with van der Waals surface area (Å²) in [6.45, 7) is 1.12. The molecule has 2 nitrogen and oxygen atoms in total. The molecule has 0 spiro atoms. The van der Waals surface area contributed by atoms with Crippen molar-refractivity contribution >= 4 is 10.8 Å². The van der Waals surface area contributed by atoms with Gasteiger partial charge in [-0.05, 0) is 22.6 Å². The molecule has 2 N–H and O–H groups in total. The van der Waals surface area contributed by atoms with Crippen LogP contribution in [-0.4, -0.2) is 0 Å². The van der Waals surface area contributed by atoms with Gasteiger partial charge in [0.15, 0.2) is 0 Å². The Morgan fingerprint density at radius 1 is 0.800 bits per heavy atom. The molecule has 3 rings (SSSR count). The van der Waals surface area contributed by atoms with Crippen LogP contribution in [0.4, 0.5) is 0 Å². The van der Waals surface area contributed by atoms with E-state index in [0.29, 0.717) is 13.2 Å². The molecule has 0 saturated carbocycles. The zero-order valence-electron chi connectivity index (χ0n) is 11.3. The number of hydrogen-bond acceptors (Lipinski definition) is 2. The average molecular weight is 263 g/mol. The number of fused-ring (bicyclic) bond motifs is 1. The zero-order valence-corrected chi connectivity index (χ0v) is 11.3. The van der Waals surface area contributed by atoms with E-state index in [-0.39, 0.29) is 0 Å². The van der Waals surface area contributed by atoms with Crippen LogP contribution >= 0.6 is 0 Å². The van der Waals surface area contributed by atoms with Crippen LogP contribution in [0.15, 0.2) is 66.7 Å². The van der Waals surface area contributed by atoms with E-state index in [4.69, 9.17) is 10.5 Å². The summed E-state index contributed by atoms with van der Waals surface area (Å²) < 4.78 is 5.96. The molecule has 0 fully saturated rings. The summed E-state index contributed by atoms with van der Waals surface area (Å²) >= 11 is 0. The van der Waals surface area contributed by atoms with Crippen molar-refractivity contribution in [3.63, 3.8) is 0 Å². The molecule has 0 aliphatic carbocycles. The summed E-state index contributed by atoms with van der Waals surface area (Å²) in [6.07, 6.45) is 0. The number of nitrogens with two attached hydrogens (primary N) is 1. The lowest BCUT2D eigenvalue weighted by atomic mass is 10.1. The Morgan fingerprint density at radius 3 is 2.45 bits per heavy atom. The molecule has 0 bridgehead atoms. The van der Waals surface area contributed by atoms with Crippen LogP contribution in [0.2, 0.25) is 0 Å². The Morgan fingerprint density at radius 2 is 1.55 bits per heavy atom. The molecule has 0 saturated heterocycles. The second-order valence-corrected chi connectivity index (χ2v) is 4.79. The van der Waals surface area contributed by atoms with Gasteiger partial charge in [0.25, 0.3) is 0 Å². The fourth-order valence-electron chi connectivity index (χ4n) is 2.33. The van der Waals surface area contributed by atoms with Crippen molar-refractivity contribution in [2.45, 2.75) is 13.2 Å². The van der Waals surface area contributed by atoms with Crippen LogP contribution in [0.3, 0.4) is 0 Å². The van der Waals surface area contributed by atoms with E-state index in [1.54, 1.807) is 0 Å². The molecule has 0 aliphatic heterocycles. The highest BCUT2D eigenvalue weighted by Crippen LogP contribution is 2.25. The van der Waals surface area contributed by atoms with E-state index in [9.17, 15) is 0 Å². The highest BCUT2D eigenvalue weighted by atomic mass is 16.5. The van der Waals surface area contributed by atoms with Crippen molar-refractivity contribution in [2.24, 2.45) is 5.73 Å². The minimum atomic E-state index is 0.557. The van der Waals surface area contributed by atoms with Gasteiger partial charge >= 0.3 is 0 Å². The van der Waals surface area contributed by atoms with Crippen molar-refractivity contribution in [3.8, 4) is 5.75 Å². The Labute approximate surface area is 118 Å². The molecule has 0 amide bonds. The smallest absolute Gasteiger partial charge is 0.127 e. The van der Waals surface area contributed by atoms with E-state index < -0.39 is 0 Å². The summed E-state index contributed by atoms with van der Waals surface area (Å²) in [6, 6.07) is 22.6. The van der Waals surface area contributed by atoms with Crippen LogP contribution in [0.25, 0.3) is 10.8 Å². The second-order valence-electron chi connectivity index (χ2n) is 4.79. The molecule has 3 aromatic rings. The molecular formula is C18H17NO. The number of ether oxygens (including phenoxy) is 1. The fourth-order valence-corrected chi connectivity index (χ4v) is 2.33. The highest BCUT2D eigenvalue weighted by molar-refractivity contribution is 5.88. The quantitative estimate of drug-likeness (QED) is 0.775. The molecule has 0 radical (unpaired) electrons. The largest absolute Gasteiger partial charge is 0.488 e. The number of rotatable bonds is 4. The lowest BCUT2D eigenvalue weighted by Gasteiger charge is -2.10. The van der Waals surface area contributed by atoms with E-state index in [1.807, 2.05) is 36.4 Å². The molecule has 0 aliphatic rings. The minimum Gasteiger partial charge on any atom is -0.488 e. The van der Waals surface area contributed by atoms with E-state index in [0.717, 1.165) is 22.3 Å². The highest BCUT2D eigenvalue weighted by Gasteiger charge is 2.02. The lowest BCUT2D eigenvalue weighted by Crippen LogP contribution is -2.00. The Balaban J connectivity index is 1.83. The molecule has 3 aromatic carbocycles. The predicted octanol–water partition coefficient (Wildman–Crippen LogP) is 3.88. The van der Waals surface area contributed by atoms with Crippen LogP contribution in [-0.2, 0) is 13.2 Å². The summed E-state index contributed by atoms with van der Waals surface area (Å²) in [4.78, 5) is 0. The van der Waals surface area contributed by atoms with E-state index >= 15 is 0 Å².